The summed E-state index contributed by atoms with van der Waals surface area (Å²) < 4.78 is 6.72. The van der Waals surface area contributed by atoms with Crippen LogP contribution in [0.2, 0.25) is 0 Å². The average molecular weight is 518 g/mol. The predicted molar refractivity (Wildman–Crippen MR) is 165 cm³/mol. The lowest BCUT2D eigenvalue weighted by Crippen LogP contribution is -2.17. The van der Waals surface area contributed by atoms with E-state index in [0.717, 1.165) is 31.4 Å². The molecule has 0 N–H and O–H groups in total. The van der Waals surface area contributed by atoms with Crippen LogP contribution in [0.4, 0.5) is 0 Å². The monoisotopic (exact) mass is 517 g/mol. The van der Waals surface area contributed by atoms with Gasteiger partial charge in [0.25, 0.3) is 0 Å². The van der Waals surface area contributed by atoms with Gasteiger partial charge in [-0.1, -0.05) is 118 Å². The molecule has 0 aliphatic heterocycles. The van der Waals surface area contributed by atoms with Crippen LogP contribution in [0.5, 0.6) is 5.75 Å². The van der Waals surface area contributed by atoms with Crippen LogP contribution in [-0.4, -0.2) is 13.3 Å². The number of ether oxygens (including phenoxy) is 1. The van der Waals surface area contributed by atoms with Gasteiger partial charge in [0.15, 0.2) is 0 Å². The van der Waals surface area contributed by atoms with Gasteiger partial charge in [-0.15, -0.1) is 0 Å². The smallest absolute Gasteiger partial charge is 0.130 e. The largest absolute Gasteiger partial charge is 0.488 e. The Morgan fingerprint density at radius 3 is 2.21 bits per heavy atom. The van der Waals surface area contributed by atoms with Crippen molar-refractivity contribution in [3.05, 3.63) is 138 Å². The number of benzene rings is 3. The molecule has 0 radical (unpaired) electrons. The number of nitrogens with zero attached hydrogens (tertiary/aromatic N) is 1. The van der Waals surface area contributed by atoms with Gasteiger partial charge in [0.1, 0.15) is 12.4 Å². The summed E-state index contributed by atoms with van der Waals surface area (Å²) in [5.41, 5.74) is 5.09. The second-order valence-corrected chi connectivity index (χ2v) is 11.4. The van der Waals surface area contributed by atoms with Crippen LogP contribution < -0.4 is 15.3 Å². The van der Waals surface area contributed by atoms with Crippen molar-refractivity contribution in [2.45, 2.75) is 32.3 Å². The van der Waals surface area contributed by atoms with Gasteiger partial charge in [0.05, 0.1) is 0 Å². The van der Waals surface area contributed by atoms with Gasteiger partial charge in [-0.25, -0.2) is 0 Å². The van der Waals surface area contributed by atoms with Gasteiger partial charge < -0.3 is 4.74 Å². The van der Waals surface area contributed by atoms with Crippen LogP contribution in [0.25, 0.3) is 0 Å². The molecule has 0 fully saturated rings. The molecule has 38 heavy (non-hydrogen) atoms. The van der Waals surface area contributed by atoms with Gasteiger partial charge in [-0.05, 0) is 71.1 Å². The molecule has 3 aromatic rings. The average Bonchev–Trinajstić information content (AvgIpc) is 2.95. The van der Waals surface area contributed by atoms with Crippen molar-refractivity contribution in [1.82, 2.24) is 0 Å². The highest BCUT2D eigenvalue weighted by Crippen LogP contribution is 2.32. The van der Waals surface area contributed by atoms with Crippen molar-refractivity contribution < 1.29 is 4.74 Å². The first-order valence-corrected chi connectivity index (χ1v) is 14.6. The predicted octanol–water partition coefficient (Wildman–Crippen LogP) is 7.29. The fourth-order valence-corrected chi connectivity index (χ4v) is 6.54. The van der Waals surface area contributed by atoms with E-state index in [1.807, 2.05) is 13.3 Å². The first-order valence-electron chi connectivity index (χ1n) is 13.6. The van der Waals surface area contributed by atoms with Crippen LogP contribution in [0.3, 0.4) is 0 Å². The summed E-state index contributed by atoms with van der Waals surface area (Å²) in [7, 11) is 2.33. The van der Waals surface area contributed by atoms with Crippen molar-refractivity contribution in [3.8, 4) is 5.75 Å². The van der Waals surface area contributed by atoms with Crippen molar-refractivity contribution in [3.63, 3.8) is 0 Å². The summed E-state index contributed by atoms with van der Waals surface area (Å²) in [5.74, 6) is 2.08. The molecule has 0 spiro atoms. The minimum atomic E-state index is 0.488. The fourth-order valence-electron chi connectivity index (χ4n) is 5.18. The molecule has 5 rings (SSSR count). The van der Waals surface area contributed by atoms with Crippen molar-refractivity contribution in [1.29, 1.82) is 0 Å². The van der Waals surface area contributed by atoms with Crippen LogP contribution in [-0.2, 0) is 19.4 Å². The molecule has 3 heteroatoms. The molecule has 0 saturated heterocycles. The van der Waals surface area contributed by atoms with Crippen molar-refractivity contribution in [2.75, 3.05) is 7.05 Å². The Labute approximate surface area is 229 Å². The van der Waals surface area contributed by atoms with E-state index in [9.17, 15) is 0 Å². The van der Waals surface area contributed by atoms with E-state index >= 15 is 0 Å². The maximum Gasteiger partial charge on any atom is 0.130 e. The molecule has 2 aliphatic rings. The second-order valence-electron chi connectivity index (χ2n) is 10.0. The molecular formula is C35H36NOP. The molecule has 0 amide bonds. The lowest BCUT2D eigenvalue weighted by molar-refractivity contribution is 0.304. The van der Waals surface area contributed by atoms with E-state index in [-0.39, 0.29) is 0 Å². The minimum Gasteiger partial charge on any atom is -0.488 e. The zero-order valence-electron chi connectivity index (χ0n) is 22.1. The van der Waals surface area contributed by atoms with E-state index in [4.69, 9.17) is 4.74 Å². The topological polar surface area (TPSA) is 21.6 Å². The highest BCUT2D eigenvalue weighted by Gasteiger charge is 2.19. The van der Waals surface area contributed by atoms with Gasteiger partial charge in [-0.3, -0.25) is 4.99 Å². The highest BCUT2D eigenvalue weighted by molar-refractivity contribution is 7.56. The standard InChI is InChI=1S/C35H36NOP/c1-36-25-31-19-11-12-20-33(31)38-34-24-30(21-27-13-5-2-6-14-27)23-32(22-28-15-7-3-8-16-28)35(34)37-26-29-17-9-4-10-18-29/h2-13,15,17-20,23-25,27-28,38H,14,16,21-22,26H2,1H3. The molecule has 192 valence electrons. The molecule has 3 atom stereocenters. The Morgan fingerprint density at radius 1 is 0.789 bits per heavy atom. The summed E-state index contributed by atoms with van der Waals surface area (Å²) in [4.78, 5) is 4.32. The molecule has 0 bridgehead atoms. The lowest BCUT2D eigenvalue weighted by Gasteiger charge is -2.22. The van der Waals surface area contributed by atoms with E-state index in [2.05, 4.69) is 120 Å². The molecule has 2 nitrogen and oxygen atoms in total. The Morgan fingerprint density at radius 2 is 1.50 bits per heavy atom. The SMILES string of the molecule is CN=Cc1ccccc1Pc1cc(CC2C=CC=CC2)cc(CC2C=CC=CC2)c1OCc1ccccc1. The Kier molecular flexibility index (Phi) is 9.19. The summed E-state index contributed by atoms with van der Waals surface area (Å²) in [5, 5.41) is 2.59. The van der Waals surface area contributed by atoms with E-state index in [1.54, 1.807) is 0 Å². The van der Waals surface area contributed by atoms with E-state index < -0.39 is 0 Å². The highest BCUT2D eigenvalue weighted by atomic mass is 31.1. The van der Waals surface area contributed by atoms with Gasteiger partial charge in [0, 0.05) is 18.6 Å². The molecule has 0 saturated carbocycles. The minimum absolute atomic E-state index is 0.488. The Bertz CT molecular complexity index is 1370. The maximum absolute atomic E-state index is 6.72. The number of rotatable bonds is 10. The molecule has 3 unspecified atom stereocenters. The van der Waals surface area contributed by atoms with Crippen LogP contribution in [0.1, 0.15) is 35.1 Å². The van der Waals surface area contributed by atoms with Gasteiger partial charge in [-0.2, -0.15) is 0 Å². The summed E-state index contributed by atoms with van der Waals surface area (Å²) in [6.07, 6.45) is 24.1. The third kappa shape index (κ3) is 7.09. The van der Waals surface area contributed by atoms with Crippen LogP contribution in [0.15, 0.2) is 120 Å². The first kappa shape index (κ1) is 26.1. The van der Waals surface area contributed by atoms with Crippen molar-refractivity contribution in [2.24, 2.45) is 16.8 Å². The third-order valence-corrected chi connectivity index (χ3v) is 8.43. The number of hydrogen-bond donors (Lipinski definition) is 0. The number of hydrogen-bond acceptors (Lipinski definition) is 2. The van der Waals surface area contributed by atoms with Gasteiger partial charge in [0.2, 0.25) is 0 Å². The third-order valence-electron chi connectivity index (χ3n) is 7.07. The summed E-state index contributed by atoms with van der Waals surface area (Å²) in [6, 6.07) is 23.9. The first-order chi connectivity index (χ1) is 18.8. The molecule has 0 aromatic heterocycles. The lowest BCUT2D eigenvalue weighted by atomic mass is 9.89. The van der Waals surface area contributed by atoms with Crippen LogP contribution in [0, 0.1) is 11.8 Å². The maximum atomic E-state index is 6.72. The molecule has 3 aromatic carbocycles. The Balaban J connectivity index is 1.55. The summed E-state index contributed by atoms with van der Waals surface area (Å²) >= 11 is 0. The molecule has 2 aliphatic carbocycles. The zero-order chi connectivity index (χ0) is 26.0. The van der Waals surface area contributed by atoms with Crippen molar-refractivity contribution >= 4 is 25.4 Å². The molecule has 0 heterocycles. The Hall–Kier alpha value is -3.48. The van der Waals surface area contributed by atoms with Gasteiger partial charge >= 0.3 is 0 Å². The zero-order valence-corrected chi connectivity index (χ0v) is 23.1. The van der Waals surface area contributed by atoms with E-state index in [1.165, 1.54) is 32.9 Å². The quantitative estimate of drug-likeness (QED) is 0.204. The molecular weight excluding hydrogens is 481 g/mol. The summed E-state index contributed by atoms with van der Waals surface area (Å²) in [6.45, 7) is 0.569. The normalized spacial score (nSPS) is 18.7. The number of allylic oxidation sites excluding steroid dienone is 8. The van der Waals surface area contributed by atoms with E-state index in [0.29, 0.717) is 27.0 Å². The van der Waals surface area contributed by atoms with Crippen LogP contribution >= 0.6 is 8.58 Å². The fraction of sp³-hybridized carbons (Fsp3) is 0.229. The number of aliphatic imine (C=N–C) groups is 1. The second kappa shape index (κ2) is 13.4.